The number of fused-ring (bicyclic) bond motifs is 3. The molecule has 79 heavy (non-hydrogen) atoms. The Balaban J connectivity index is 0.815. The SMILES string of the molecule is C=CCOc1ccc(-c2ccc(-c3ccc(N(c4ccc(-c5ccc(N(c6ccc(-c7ccccc7)cc6)c6ccc(-c7ccccc7)cc6)cc5)cc4)c4ccc(-n5c6ccccc6c6ccccc65)cc4)cc3)cc2)cc1. The molecule has 0 fully saturated rings. The van der Waals surface area contributed by atoms with Gasteiger partial charge in [-0.1, -0.05) is 207 Å². The summed E-state index contributed by atoms with van der Waals surface area (Å²) >= 11 is 0. The molecule has 0 unspecified atom stereocenters. The monoisotopic (exact) mass is 1010 g/mol. The molecule has 1 aromatic heterocycles. The van der Waals surface area contributed by atoms with E-state index >= 15 is 0 Å². The van der Waals surface area contributed by atoms with Gasteiger partial charge in [-0.25, -0.2) is 0 Å². The zero-order valence-electron chi connectivity index (χ0n) is 43.6. The quantitative estimate of drug-likeness (QED) is 0.0955. The molecule has 13 aromatic rings. The largest absolute Gasteiger partial charge is 0.490 e. The predicted molar refractivity (Wildman–Crippen MR) is 333 cm³/mol. The van der Waals surface area contributed by atoms with Gasteiger partial charge in [-0.3, -0.25) is 0 Å². The van der Waals surface area contributed by atoms with Gasteiger partial charge >= 0.3 is 0 Å². The van der Waals surface area contributed by atoms with Crippen LogP contribution in [0.1, 0.15) is 0 Å². The summed E-state index contributed by atoms with van der Waals surface area (Å²) in [6.07, 6.45) is 1.76. The van der Waals surface area contributed by atoms with Crippen LogP contribution in [0.15, 0.2) is 316 Å². The average molecular weight is 1010 g/mol. The van der Waals surface area contributed by atoms with Crippen molar-refractivity contribution < 1.29 is 4.74 Å². The summed E-state index contributed by atoms with van der Waals surface area (Å²) in [6.45, 7) is 4.24. The molecular weight excluding hydrogens is 959 g/mol. The zero-order valence-corrected chi connectivity index (χ0v) is 43.6. The first kappa shape index (κ1) is 48.2. The second kappa shape index (κ2) is 21.7. The van der Waals surface area contributed by atoms with E-state index in [1.807, 2.05) is 12.1 Å². The van der Waals surface area contributed by atoms with E-state index in [0.29, 0.717) is 6.61 Å². The summed E-state index contributed by atoms with van der Waals surface area (Å²) in [6, 6.07) is 109. The van der Waals surface area contributed by atoms with Crippen LogP contribution in [0.25, 0.3) is 83.1 Å². The van der Waals surface area contributed by atoms with Crippen LogP contribution < -0.4 is 14.5 Å². The number of nitrogens with zero attached hydrogens (tertiary/aromatic N) is 3. The van der Waals surface area contributed by atoms with Crippen molar-refractivity contribution in [3.63, 3.8) is 0 Å². The lowest BCUT2D eigenvalue weighted by Gasteiger charge is -2.27. The Bertz CT molecular complexity index is 4040. The topological polar surface area (TPSA) is 20.6 Å². The molecule has 13 rings (SSSR count). The molecule has 0 spiro atoms. The van der Waals surface area contributed by atoms with E-state index in [2.05, 4.69) is 312 Å². The number of aromatic nitrogens is 1. The maximum absolute atomic E-state index is 5.71. The van der Waals surface area contributed by atoms with Crippen LogP contribution in [-0.4, -0.2) is 11.2 Å². The molecule has 0 aliphatic carbocycles. The number of hydrogen-bond donors (Lipinski definition) is 0. The number of rotatable bonds is 15. The average Bonchev–Trinajstić information content (AvgIpc) is 4.00. The van der Waals surface area contributed by atoms with Gasteiger partial charge in [-0.15, -0.1) is 0 Å². The second-order valence-corrected chi connectivity index (χ2v) is 19.7. The minimum absolute atomic E-state index is 0.488. The Morgan fingerprint density at radius 2 is 0.532 bits per heavy atom. The fourth-order valence-corrected chi connectivity index (χ4v) is 10.9. The molecule has 0 atom stereocenters. The highest BCUT2D eigenvalue weighted by Crippen LogP contribution is 2.41. The molecule has 4 heteroatoms. The molecule has 0 N–H and O–H groups in total. The van der Waals surface area contributed by atoms with Crippen molar-refractivity contribution >= 4 is 55.9 Å². The third-order valence-electron chi connectivity index (χ3n) is 14.9. The van der Waals surface area contributed by atoms with Gasteiger partial charge < -0.3 is 19.1 Å². The molecule has 4 nitrogen and oxygen atoms in total. The summed E-state index contributed by atoms with van der Waals surface area (Å²) in [5.74, 6) is 0.835. The van der Waals surface area contributed by atoms with Gasteiger partial charge in [0.2, 0.25) is 0 Å². The van der Waals surface area contributed by atoms with E-state index in [1.165, 1.54) is 44.1 Å². The van der Waals surface area contributed by atoms with E-state index in [-0.39, 0.29) is 0 Å². The first-order valence-corrected chi connectivity index (χ1v) is 26.9. The zero-order chi connectivity index (χ0) is 52.9. The Hall–Kier alpha value is -10.4. The lowest BCUT2D eigenvalue weighted by Crippen LogP contribution is -2.10. The van der Waals surface area contributed by atoms with Gasteiger partial charge in [0.15, 0.2) is 0 Å². The molecule has 0 saturated heterocycles. The van der Waals surface area contributed by atoms with Crippen LogP contribution in [-0.2, 0) is 0 Å². The van der Waals surface area contributed by atoms with Crippen LogP contribution >= 0.6 is 0 Å². The molecule has 0 amide bonds. The smallest absolute Gasteiger partial charge is 0.119 e. The minimum Gasteiger partial charge on any atom is -0.490 e. The normalized spacial score (nSPS) is 11.1. The third-order valence-corrected chi connectivity index (χ3v) is 14.9. The Morgan fingerprint density at radius 1 is 0.278 bits per heavy atom. The molecule has 0 bridgehead atoms. The lowest BCUT2D eigenvalue weighted by atomic mass is 10.00. The van der Waals surface area contributed by atoms with Crippen LogP contribution in [0.5, 0.6) is 5.75 Å². The number of hydrogen-bond acceptors (Lipinski definition) is 3. The molecule has 0 saturated carbocycles. The van der Waals surface area contributed by atoms with Crippen molar-refractivity contribution in [2.24, 2.45) is 0 Å². The van der Waals surface area contributed by atoms with E-state index in [4.69, 9.17) is 4.74 Å². The standard InChI is InChI=1S/C75H55N3O/c1-2-53-79-71-51-35-63(36-52-71)57-23-21-56(22-24-57)60-29-41-67(42-30-60)77(69-47-49-70(50-48-69)78-74-19-11-9-17-72(74)73-18-10-12-20-75(73)78)68-45-33-62(34-46-68)61-31-43-66(44-32-61)76(64-37-25-58(26-38-64)54-13-5-3-6-14-54)65-39-27-59(28-40-65)55-15-7-4-8-16-55/h2-52H,1,53H2. The van der Waals surface area contributed by atoms with Gasteiger partial charge in [0.05, 0.1) is 11.0 Å². The minimum atomic E-state index is 0.488. The van der Waals surface area contributed by atoms with Gasteiger partial charge in [-0.05, 0) is 165 Å². The molecule has 12 aromatic carbocycles. The Labute approximate surface area is 462 Å². The molecule has 0 aliphatic rings. The van der Waals surface area contributed by atoms with Crippen molar-refractivity contribution in [2.45, 2.75) is 0 Å². The van der Waals surface area contributed by atoms with Gasteiger partial charge in [0, 0.05) is 50.6 Å². The Kier molecular flexibility index (Phi) is 13.2. The maximum Gasteiger partial charge on any atom is 0.119 e. The number of benzene rings is 12. The maximum atomic E-state index is 5.71. The van der Waals surface area contributed by atoms with Crippen LogP contribution in [0.3, 0.4) is 0 Å². The van der Waals surface area contributed by atoms with Crippen molar-refractivity contribution in [2.75, 3.05) is 16.4 Å². The van der Waals surface area contributed by atoms with E-state index in [1.54, 1.807) is 6.08 Å². The summed E-state index contributed by atoms with van der Waals surface area (Å²) in [5.41, 5.74) is 21.6. The summed E-state index contributed by atoms with van der Waals surface area (Å²) in [4.78, 5) is 4.69. The highest BCUT2D eigenvalue weighted by molar-refractivity contribution is 6.09. The van der Waals surface area contributed by atoms with Gasteiger partial charge in [-0.2, -0.15) is 0 Å². The lowest BCUT2D eigenvalue weighted by molar-refractivity contribution is 0.363. The molecule has 0 radical (unpaired) electrons. The van der Waals surface area contributed by atoms with E-state index in [9.17, 15) is 0 Å². The van der Waals surface area contributed by atoms with Gasteiger partial charge in [0.25, 0.3) is 0 Å². The van der Waals surface area contributed by atoms with Crippen molar-refractivity contribution in [1.29, 1.82) is 0 Å². The summed E-state index contributed by atoms with van der Waals surface area (Å²) in [7, 11) is 0. The molecular formula is C75H55N3O. The predicted octanol–water partition coefficient (Wildman–Crippen LogP) is 20.6. The van der Waals surface area contributed by atoms with Crippen molar-refractivity contribution in [3.05, 3.63) is 316 Å². The summed E-state index contributed by atoms with van der Waals surface area (Å²) < 4.78 is 8.08. The number of para-hydroxylation sites is 2. The molecule has 1 heterocycles. The number of ether oxygens (including phenoxy) is 1. The van der Waals surface area contributed by atoms with E-state index in [0.717, 1.165) is 78.9 Å². The van der Waals surface area contributed by atoms with Crippen molar-refractivity contribution in [3.8, 4) is 67.1 Å². The first-order chi connectivity index (χ1) is 39.1. The van der Waals surface area contributed by atoms with Crippen molar-refractivity contribution in [1.82, 2.24) is 4.57 Å². The molecule has 376 valence electrons. The first-order valence-electron chi connectivity index (χ1n) is 26.9. The number of anilines is 6. The van der Waals surface area contributed by atoms with Crippen LogP contribution in [0, 0.1) is 0 Å². The second-order valence-electron chi connectivity index (χ2n) is 19.7. The van der Waals surface area contributed by atoms with E-state index < -0.39 is 0 Å². The van der Waals surface area contributed by atoms with Crippen LogP contribution in [0.4, 0.5) is 34.1 Å². The highest BCUT2D eigenvalue weighted by atomic mass is 16.5. The van der Waals surface area contributed by atoms with Crippen LogP contribution in [0.2, 0.25) is 0 Å². The molecule has 0 aliphatic heterocycles. The summed E-state index contributed by atoms with van der Waals surface area (Å²) in [5, 5.41) is 2.49. The fraction of sp³-hybridized carbons (Fsp3) is 0.0133. The third kappa shape index (κ3) is 9.87. The Morgan fingerprint density at radius 3 is 0.848 bits per heavy atom. The van der Waals surface area contributed by atoms with Gasteiger partial charge in [0.1, 0.15) is 12.4 Å². The highest BCUT2D eigenvalue weighted by Gasteiger charge is 2.18. The fourth-order valence-electron chi connectivity index (χ4n) is 10.9.